The second kappa shape index (κ2) is 7.24. The van der Waals surface area contributed by atoms with Crippen LogP contribution < -0.4 is 10.6 Å². The Morgan fingerprint density at radius 3 is 2.33 bits per heavy atom. The molecular formula is C13H24N2O3. The van der Waals surface area contributed by atoms with Crippen LogP contribution in [0.5, 0.6) is 0 Å². The summed E-state index contributed by atoms with van der Waals surface area (Å²) in [5.41, 5.74) is 0. The van der Waals surface area contributed by atoms with E-state index in [0.29, 0.717) is 5.92 Å². The summed E-state index contributed by atoms with van der Waals surface area (Å²) >= 11 is 0. The van der Waals surface area contributed by atoms with E-state index in [1.54, 1.807) is 0 Å². The molecule has 0 aliphatic heterocycles. The highest BCUT2D eigenvalue weighted by atomic mass is 16.4. The van der Waals surface area contributed by atoms with Gasteiger partial charge in [0.1, 0.15) is 6.04 Å². The normalized spacial score (nSPS) is 19.9. The third-order valence-corrected chi connectivity index (χ3v) is 3.69. The highest BCUT2D eigenvalue weighted by Gasteiger charge is 2.24. The van der Waals surface area contributed by atoms with Crippen LogP contribution in [0.3, 0.4) is 0 Å². The molecule has 2 atom stereocenters. The maximum absolute atomic E-state index is 11.7. The second-order valence-electron chi connectivity index (χ2n) is 5.09. The molecule has 1 aliphatic carbocycles. The number of carbonyl (C=O) groups excluding carboxylic acids is 1. The molecule has 5 nitrogen and oxygen atoms in total. The molecular weight excluding hydrogens is 232 g/mol. The van der Waals surface area contributed by atoms with Gasteiger partial charge in [-0.05, 0) is 32.1 Å². The van der Waals surface area contributed by atoms with E-state index in [1.807, 2.05) is 0 Å². The van der Waals surface area contributed by atoms with Crippen LogP contribution in [-0.2, 0) is 4.79 Å². The molecule has 0 heterocycles. The monoisotopic (exact) mass is 256 g/mol. The fourth-order valence-corrected chi connectivity index (χ4v) is 2.56. The summed E-state index contributed by atoms with van der Waals surface area (Å²) in [6.07, 6.45) is 6.96. The summed E-state index contributed by atoms with van der Waals surface area (Å²) in [4.78, 5) is 22.3. The quantitative estimate of drug-likeness (QED) is 0.705. The molecule has 0 aromatic heterocycles. The number of amides is 2. The van der Waals surface area contributed by atoms with Gasteiger partial charge in [-0.25, -0.2) is 4.79 Å². The average Bonchev–Trinajstić information content (AvgIpc) is 2.36. The van der Waals surface area contributed by atoms with Crippen molar-refractivity contribution in [2.45, 2.75) is 64.5 Å². The van der Waals surface area contributed by atoms with Gasteiger partial charge in [-0.15, -0.1) is 0 Å². The summed E-state index contributed by atoms with van der Waals surface area (Å²) in [5.74, 6) is -0.481. The summed E-state index contributed by atoms with van der Waals surface area (Å²) in [6.45, 7) is 3.52. The van der Waals surface area contributed by atoms with E-state index in [4.69, 9.17) is 5.11 Å². The number of hydrogen-bond donors (Lipinski definition) is 3. The van der Waals surface area contributed by atoms with E-state index in [2.05, 4.69) is 17.6 Å². The summed E-state index contributed by atoms with van der Waals surface area (Å²) < 4.78 is 0. The first-order valence-electron chi connectivity index (χ1n) is 6.84. The zero-order valence-corrected chi connectivity index (χ0v) is 11.2. The molecule has 0 spiro atoms. The largest absolute Gasteiger partial charge is 0.480 e. The van der Waals surface area contributed by atoms with Crippen LogP contribution in [0.25, 0.3) is 0 Å². The SMILES string of the molecule is CCC(NC(=O)N[C@H](C)C(=O)O)C1CCCCC1. The molecule has 0 aromatic rings. The fourth-order valence-electron chi connectivity index (χ4n) is 2.56. The lowest BCUT2D eigenvalue weighted by Gasteiger charge is -2.30. The van der Waals surface area contributed by atoms with Crippen molar-refractivity contribution >= 4 is 12.0 Å². The van der Waals surface area contributed by atoms with E-state index >= 15 is 0 Å². The minimum Gasteiger partial charge on any atom is -0.480 e. The first kappa shape index (κ1) is 14.8. The number of carbonyl (C=O) groups is 2. The van der Waals surface area contributed by atoms with Crippen molar-refractivity contribution < 1.29 is 14.7 Å². The minimum absolute atomic E-state index is 0.159. The van der Waals surface area contributed by atoms with Gasteiger partial charge in [0.15, 0.2) is 0 Å². The Hall–Kier alpha value is -1.26. The summed E-state index contributed by atoms with van der Waals surface area (Å²) in [6, 6.07) is -1.07. The van der Waals surface area contributed by atoms with E-state index in [-0.39, 0.29) is 12.1 Å². The van der Waals surface area contributed by atoms with Crippen molar-refractivity contribution in [2.75, 3.05) is 0 Å². The Balaban J connectivity index is 2.41. The number of hydrogen-bond acceptors (Lipinski definition) is 2. The van der Waals surface area contributed by atoms with E-state index < -0.39 is 12.0 Å². The molecule has 1 rings (SSSR count). The first-order chi connectivity index (χ1) is 8.54. The molecule has 104 valence electrons. The third-order valence-electron chi connectivity index (χ3n) is 3.69. The molecule has 1 aliphatic rings. The van der Waals surface area contributed by atoms with Gasteiger partial charge in [-0.3, -0.25) is 4.79 Å². The van der Waals surface area contributed by atoms with Crippen LogP contribution in [0.4, 0.5) is 4.79 Å². The van der Waals surface area contributed by atoms with Crippen LogP contribution in [-0.4, -0.2) is 29.2 Å². The van der Waals surface area contributed by atoms with Gasteiger partial charge >= 0.3 is 12.0 Å². The number of carboxylic acids is 1. The maximum Gasteiger partial charge on any atom is 0.325 e. The molecule has 3 N–H and O–H groups in total. The van der Waals surface area contributed by atoms with Crippen molar-refractivity contribution in [3.05, 3.63) is 0 Å². The maximum atomic E-state index is 11.7. The van der Waals surface area contributed by atoms with E-state index in [1.165, 1.54) is 26.2 Å². The van der Waals surface area contributed by atoms with Crippen LogP contribution in [0.15, 0.2) is 0 Å². The Labute approximate surface area is 108 Å². The zero-order valence-electron chi connectivity index (χ0n) is 11.2. The highest BCUT2D eigenvalue weighted by Crippen LogP contribution is 2.27. The van der Waals surface area contributed by atoms with Crippen molar-refractivity contribution in [1.82, 2.24) is 10.6 Å². The van der Waals surface area contributed by atoms with Crippen LogP contribution >= 0.6 is 0 Å². The number of rotatable bonds is 5. The van der Waals surface area contributed by atoms with Crippen molar-refractivity contribution in [1.29, 1.82) is 0 Å². The Kier molecular flexibility index (Phi) is 5.95. The summed E-state index contributed by atoms with van der Waals surface area (Å²) in [7, 11) is 0. The topological polar surface area (TPSA) is 78.4 Å². The molecule has 18 heavy (non-hydrogen) atoms. The molecule has 0 aromatic carbocycles. The lowest BCUT2D eigenvalue weighted by Crippen LogP contribution is -2.49. The molecule has 0 saturated heterocycles. The minimum atomic E-state index is -1.02. The second-order valence-corrected chi connectivity index (χ2v) is 5.09. The van der Waals surface area contributed by atoms with Gasteiger partial charge in [0.2, 0.25) is 0 Å². The van der Waals surface area contributed by atoms with Gasteiger partial charge in [-0.1, -0.05) is 26.2 Å². The molecule has 5 heteroatoms. The van der Waals surface area contributed by atoms with Crippen molar-refractivity contribution in [3.63, 3.8) is 0 Å². The van der Waals surface area contributed by atoms with Gasteiger partial charge in [0.05, 0.1) is 0 Å². The summed E-state index contributed by atoms with van der Waals surface area (Å²) in [5, 5.41) is 14.1. The number of aliphatic carboxylic acids is 1. The van der Waals surface area contributed by atoms with Gasteiger partial charge < -0.3 is 15.7 Å². The fraction of sp³-hybridized carbons (Fsp3) is 0.846. The molecule has 0 bridgehead atoms. The molecule has 0 radical (unpaired) electrons. The Morgan fingerprint density at radius 1 is 1.22 bits per heavy atom. The third kappa shape index (κ3) is 4.55. The number of urea groups is 1. The van der Waals surface area contributed by atoms with Crippen LogP contribution in [0, 0.1) is 5.92 Å². The Bertz CT molecular complexity index is 288. The predicted octanol–water partition coefficient (Wildman–Crippen LogP) is 2.12. The highest BCUT2D eigenvalue weighted by molar-refractivity contribution is 5.82. The smallest absolute Gasteiger partial charge is 0.325 e. The van der Waals surface area contributed by atoms with Gasteiger partial charge in [-0.2, -0.15) is 0 Å². The Morgan fingerprint density at radius 2 is 1.83 bits per heavy atom. The molecule has 2 amide bonds. The van der Waals surface area contributed by atoms with Crippen molar-refractivity contribution in [2.24, 2.45) is 5.92 Å². The lowest BCUT2D eigenvalue weighted by atomic mass is 9.83. The van der Waals surface area contributed by atoms with Crippen LogP contribution in [0.1, 0.15) is 52.4 Å². The number of carboxylic acid groups (broad SMARTS) is 1. The molecule has 1 saturated carbocycles. The van der Waals surface area contributed by atoms with Crippen molar-refractivity contribution in [3.8, 4) is 0 Å². The van der Waals surface area contributed by atoms with Crippen LogP contribution in [0.2, 0.25) is 0 Å². The molecule has 1 unspecified atom stereocenters. The van der Waals surface area contributed by atoms with E-state index in [9.17, 15) is 9.59 Å². The lowest BCUT2D eigenvalue weighted by molar-refractivity contribution is -0.138. The zero-order chi connectivity index (χ0) is 13.5. The first-order valence-corrected chi connectivity index (χ1v) is 6.84. The van der Waals surface area contributed by atoms with Gasteiger partial charge in [0.25, 0.3) is 0 Å². The standard InChI is InChI=1S/C13H24N2O3/c1-3-11(10-7-5-4-6-8-10)15-13(18)14-9(2)12(16)17/h9-11H,3-8H2,1-2H3,(H,16,17)(H2,14,15,18)/t9-,11?/m1/s1. The molecule has 1 fully saturated rings. The number of nitrogens with one attached hydrogen (secondary N) is 2. The average molecular weight is 256 g/mol. The van der Waals surface area contributed by atoms with E-state index in [0.717, 1.165) is 19.3 Å². The predicted molar refractivity (Wildman–Crippen MR) is 69.4 cm³/mol. The van der Waals surface area contributed by atoms with Gasteiger partial charge in [0, 0.05) is 6.04 Å².